The highest BCUT2D eigenvalue weighted by atomic mass is 79.9. The fraction of sp³-hybridized carbons (Fsp3) is 0.235. The van der Waals surface area contributed by atoms with Gasteiger partial charge in [-0.1, -0.05) is 46.6 Å². The van der Waals surface area contributed by atoms with Crippen LogP contribution in [-0.4, -0.2) is 14.1 Å². The average Bonchev–Trinajstić information content (AvgIpc) is 2.50. The molecule has 6 heteroatoms. The molecule has 0 aromatic heterocycles. The molecule has 0 radical (unpaired) electrons. The minimum absolute atomic E-state index is 0.204. The Morgan fingerprint density at radius 1 is 1.13 bits per heavy atom. The molecular weight excluding hydrogens is 376 g/mol. The number of hydrogen-bond donors (Lipinski definition) is 1. The molecule has 23 heavy (non-hydrogen) atoms. The molecule has 122 valence electrons. The fourth-order valence-corrected chi connectivity index (χ4v) is 3.47. The van der Waals surface area contributed by atoms with E-state index in [-0.39, 0.29) is 4.90 Å². The summed E-state index contributed by atoms with van der Waals surface area (Å²) in [6, 6.07) is 12.5. The van der Waals surface area contributed by atoms with Gasteiger partial charge in [0, 0.05) is 10.0 Å². The van der Waals surface area contributed by atoms with E-state index in [9.17, 15) is 8.42 Å². The van der Waals surface area contributed by atoms with Crippen molar-refractivity contribution in [3.8, 4) is 0 Å². The molecule has 4 nitrogen and oxygen atoms in total. The summed E-state index contributed by atoms with van der Waals surface area (Å²) in [5.41, 5.74) is 3.68. The van der Waals surface area contributed by atoms with E-state index in [1.54, 1.807) is 24.3 Å². The van der Waals surface area contributed by atoms with Gasteiger partial charge < -0.3 is 0 Å². The second-order valence-electron chi connectivity index (χ2n) is 5.28. The van der Waals surface area contributed by atoms with Crippen LogP contribution in [0.1, 0.15) is 30.0 Å². The topological polar surface area (TPSA) is 58.5 Å². The number of halogens is 1. The first kappa shape index (κ1) is 17.7. The van der Waals surface area contributed by atoms with Gasteiger partial charge in [0.1, 0.15) is 0 Å². The van der Waals surface area contributed by atoms with Gasteiger partial charge in [-0.3, -0.25) is 0 Å². The van der Waals surface area contributed by atoms with E-state index in [1.807, 2.05) is 39.0 Å². The maximum Gasteiger partial charge on any atom is 0.276 e. The van der Waals surface area contributed by atoms with Gasteiger partial charge in [0.2, 0.25) is 0 Å². The quantitative estimate of drug-likeness (QED) is 0.611. The van der Waals surface area contributed by atoms with E-state index >= 15 is 0 Å². The van der Waals surface area contributed by atoms with Crippen molar-refractivity contribution in [1.29, 1.82) is 0 Å². The minimum atomic E-state index is -3.66. The molecule has 0 unspecified atom stereocenters. The van der Waals surface area contributed by atoms with Gasteiger partial charge in [0.15, 0.2) is 0 Å². The van der Waals surface area contributed by atoms with E-state index in [4.69, 9.17) is 0 Å². The van der Waals surface area contributed by atoms with E-state index in [2.05, 4.69) is 25.9 Å². The van der Waals surface area contributed by atoms with Crippen molar-refractivity contribution >= 4 is 31.7 Å². The molecule has 0 bridgehead atoms. The summed E-state index contributed by atoms with van der Waals surface area (Å²) >= 11 is 3.42. The highest BCUT2D eigenvalue weighted by molar-refractivity contribution is 9.10. The van der Waals surface area contributed by atoms with E-state index in [1.165, 1.54) is 0 Å². The highest BCUT2D eigenvalue weighted by Gasteiger charge is 2.13. The Morgan fingerprint density at radius 2 is 1.78 bits per heavy atom. The number of benzene rings is 2. The number of hydrogen-bond acceptors (Lipinski definition) is 3. The molecule has 0 aliphatic carbocycles. The first-order valence-electron chi connectivity index (χ1n) is 7.25. The van der Waals surface area contributed by atoms with Crippen molar-refractivity contribution in [3.05, 3.63) is 63.6 Å². The number of nitrogens with one attached hydrogen (secondary N) is 1. The number of sulfonamides is 1. The molecule has 0 aliphatic rings. The van der Waals surface area contributed by atoms with Crippen LogP contribution in [0.4, 0.5) is 0 Å². The molecule has 2 aromatic carbocycles. The van der Waals surface area contributed by atoms with Gasteiger partial charge in [0.25, 0.3) is 10.0 Å². The third kappa shape index (κ3) is 4.42. The van der Waals surface area contributed by atoms with Gasteiger partial charge in [-0.05, 0) is 50.1 Å². The molecule has 0 saturated heterocycles. The van der Waals surface area contributed by atoms with Gasteiger partial charge in [-0.15, -0.1) is 0 Å². The van der Waals surface area contributed by atoms with E-state index in [0.717, 1.165) is 21.2 Å². The smallest absolute Gasteiger partial charge is 0.200 e. The first-order chi connectivity index (χ1) is 10.8. The van der Waals surface area contributed by atoms with Crippen LogP contribution in [0.3, 0.4) is 0 Å². The van der Waals surface area contributed by atoms with Crippen LogP contribution < -0.4 is 4.83 Å². The zero-order valence-corrected chi connectivity index (χ0v) is 15.7. The summed E-state index contributed by atoms with van der Waals surface area (Å²) in [7, 11) is -3.66. The van der Waals surface area contributed by atoms with Crippen LogP contribution in [0.2, 0.25) is 0 Å². The average molecular weight is 395 g/mol. The summed E-state index contributed by atoms with van der Waals surface area (Å²) in [5, 5.41) is 4.14. The zero-order chi connectivity index (χ0) is 17.0. The third-order valence-corrected chi connectivity index (χ3v) is 5.18. The van der Waals surface area contributed by atoms with Crippen LogP contribution in [0.15, 0.2) is 56.9 Å². The monoisotopic (exact) mass is 394 g/mol. The van der Waals surface area contributed by atoms with Gasteiger partial charge in [0.05, 0.1) is 10.6 Å². The van der Waals surface area contributed by atoms with Crippen molar-refractivity contribution in [1.82, 2.24) is 4.83 Å². The Hall–Kier alpha value is -1.66. The van der Waals surface area contributed by atoms with Gasteiger partial charge >= 0.3 is 0 Å². The summed E-state index contributed by atoms with van der Waals surface area (Å²) in [6.07, 6.45) is 0.624. The highest BCUT2D eigenvalue weighted by Crippen LogP contribution is 2.18. The number of nitrogens with zero attached hydrogens (tertiary/aromatic N) is 1. The Kier molecular flexibility index (Phi) is 5.59. The number of rotatable bonds is 5. The third-order valence-electron chi connectivity index (χ3n) is 3.47. The summed E-state index contributed by atoms with van der Waals surface area (Å²) in [6.45, 7) is 5.83. The van der Waals surface area contributed by atoms with Crippen molar-refractivity contribution in [2.24, 2.45) is 5.10 Å². The molecule has 0 spiro atoms. The molecule has 0 atom stereocenters. The van der Waals surface area contributed by atoms with E-state index in [0.29, 0.717) is 12.1 Å². The Morgan fingerprint density at radius 3 is 2.35 bits per heavy atom. The van der Waals surface area contributed by atoms with Crippen LogP contribution >= 0.6 is 15.9 Å². The molecule has 2 rings (SSSR count). The van der Waals surface area contributed by atoms with Crippen LogP contribution in [0, 0.1) is 13.8 Å². The lowest BCUT2D eigenvalue weighted by Gasteiger charge is -2.10. The van der Waals surface area contributed by atoms with E-state index < -0.39 is 10.0 Å². The Bertz CT molecular complexity index is 828. The second-order valence-corrected chi connectivity index (χ2v) is 7.86. The first-order valence-corrected chi connectivity index (χ1v) is 9.52. The Labute approximate surface area is 145 Å². The number of hydrazone groups is 1. The lowest BCUT2D eigenvalue weighted by molar-refractivity contribution is 0.584. The normalized spacial score (nSPS) is 12.3. The molecule has 0 fully saturated rings. The lowest BCUT2D eigenvalue weighted by atomic mass is 10.0. The van der Waals surface area contributed by atoms with Gasteiger partial charge in [-0.25, -0.2) is 0 Å². The summed E-state index contributed by atoms with van der Waals surface area (Å²) in [5.74, 6) is 0. The standard InChI is InChI=1S/C17H19BrN2O2S/c1-4-17(16-10-7-14(18)11-13(16)3)19-20-23(21,22)15-8-5-12(2)6-9-15/h5-11,20H,4H2,1-3H3/b19-17-. The van der Waals surface area contributed by atoms with Gasteiger partial charge in [-0.2, -0.15) is 18.4 Å². The molecular formula is C17H19BrN2O2S. The largest absolute Gasteiger partial charge is 0.276 e. The van der Waals surface area contributed by atoms with Crippen LogP contribution in [0.25, 0.3) is 0 Å². The second kappa shape index (κ2) is 7.27. The summed E-state index contributed by atoms with van der Waals surface area (Å²) < 4.78 is 25.6. The molecule has 0 amide bonds. The molecule has 2 aromatic rings. The molecule has 0 heterocycles. The van der Waals surface area contributed by atoms with Crippen molar-refractivity contribution in [2.75, 3.05) is 0 Å². The van der Waals surface area contributed by atoms with Crippen molar-refractivity contribution < 1.29 is 8.42 Å². The predicted octanol–water partition coefficient (Wildman–Crippen LogP) is 4.16. The maximum absolute atomic E-state index is 12.3. The molecule has 0 aliphatic heterocycles. The minimum Gasteiger partial charge on any atom is -0.200 e. The molecule has 0 saturated carbocycles. The molecule has 1 N–H and O–H groups in total. The lowest BCUT2D eigenvalue weighted by Crippen LogP contribution is -2.20. The van der Waals surface area contributed by atoms with Crippen LogP contribution in [0.5, 0.6) is 0 Å². The predicted molar refractivity (Wildman–Crippen MR) is 97.2 cm³/mol. The fourth-order valence-electron chi connectivity index (χ4n) is 2.17. The van der Waals surface area contributed by atoms with Crippen LogP contribution in [-0.2, 0) is 10.0 Å². The van der Waals surface area contributed by atoms with Crippen molar-refractivity contribution in [3.63, 3.8) is 0 Å². The summed E-state index contributed by atoms with van der Waals surface area (Å²) in [4.78, 5) is 2.54. The maximum atomic E-state index is 12.3. The Balaban J connectivity index is 2.30. The van der Waals surface area contributed by atoms with Crippen molar-refractivity contribution in [2.45, 2.75) is 32.1 Å². The SMILES string of the molecule is CC/C(=N/NS(=O)(=O)c1ccc(C)cc1)c1ccc(Br)cc1C. The zero-order valence-electron chi connectivity index (χ0n) is 13.3. The number of aryl methyl sites for hydroxylation is 2.